The topological polar surface area (TPSA) is 40.8 Å². The number of aromatic nitrogens is 1. The first kappa shape index (κ1) is 20.9. The molecule has 0 aliphatic rings. The van der Waals surface area contributed by atoms with E-state index in [1.165, 1.54) is 5.56 Å². The van der Waals surface area contributed by atoms with Crippen molar-refractivity contribution in [2.75, 3.05) is 0 Å². The number of hydrogen-bond acceptors (Lipinski definition) is 2. The Bertz CT molecular complexity index is 1770. The molecule has 2 aromatic heterocycles. The quantitative estimate of drug-likeness (QED) is 0.260. The first-order chi connectivity index (χ1) is 17.2. The summed E-state index contributed by atoms with van der Waals surface area (Å²) in [7, 11) is 2.06. The molecule has 0 bridgehead atoms. The summed E-state index contributed by atoms with van der Waals surface area (Å²) in [6, 6.07) is 35.2. The Labute approximate surface area is 204 Å². The zero-order valence-corrected chi connectivity index (χ0v) is 19.6. The number of furan rings is 1. The third-order valence-electron chi connectivity index (χ3n) is 6.74. The van der Waals surface area contributed by atoms with Gasteiger partial charge in [-0.1, -0.05) is 72.8 Å². The van der Waals surface area contributed by atoms with Crippen molar-refractivity contribution >= 4 is 21.9 Å². The third kappa shape index (κ3) is 3.39. The van der Waals surface area contributed by atoms with Crippen LogP contribution in [0.3, 0.4) is 0 Å². The van der Waals surface area contributed by atoms with Crippen LogP contribution in [0.2, 0.25) is 0 Å². The number of benzene rings is 4. The molecule has 0 aliphatic carbocycles. The van der Waals surface area contributed by atoms with E-state index in [2.05, 4.69) is 97.5 Å². The number of pyridine rings is 1. The Balaban J connectivity index is 1.53. The fourth-order valence-corrected chi connectivity index (χ4v) is 4.95. The smallest absolute Gasteiger partial charge is 0.216 e. The second kappa shape index (κ2) is 8.27. The molecular weight excluding hydrogens is 428 g/mol. The van der Waals surface area contributed by atoms with Crippen LogP contribution in [-0.2, 0) is 7.05 Å². The molecule has 3 nitrogen and oxygen atoms in total. The van der Waals surface area contributed by atoms with Crippen LogP contribution < -0.4 is 4.57 Å². The molecule has 0 saturated heterocycles. The highest BCUT2D eigenvalue weighted by molar-refractivity contribution is 6.13. The molecule has 0 unspecified atom stereocenters. The molecule has 0 spiro atoms. The van der Waals surface area contributed by atoms with Crippen LogP contribution in [0.15, 0.2) is 108 Å². The van der Waals surface area contributed by atoms with Gasteiger partial charge < -0.3 is 4.42 Å². The summed E-state index contributed by atoms with van der Waals surface area (Å²) in [6.45, 7) is 2.13. The zero-order valence-electron chi connectivity index (χ0n) is 19.6. The van der Waals surface area contributed by atoms with Crippen molar-refractivity contribution in [2.45, 2.75) is 6.92 Å². The van der Waals surface area contributed by atoms with Gasteiger partial charge in [0.25, 0.3) is 0 Å². The largest absolute Gasteiger partial charge is 0.454 e. The lowest BCUT2D eigenvalue weighted by Crippen LogP contribution is -2.30. The minimum atomic E-state index is 0.677. The number of para-hydroxylation sites is 1. The van der Waals surface area contributed by atoms with E-state index in [0.29, 0.717) is 5.56 Å². The summed E-state index contributed by atoms with van der Waals surface area (Å²) < 4.78 is 8.79. The van der Waals surface area contributed by atoms with E-state index in [1.807, 2.05) is 30.3 Å². The first-order valence-electron chi connectivity index (χ1n) is 11.7. The molecule has 0 aliphatic heterocycles. The van der Waals surface area contributed by atoms with E-state index in [4.69, 9.17) is 4.42 Å². The highest BCUT2D eigenvalue weighted by atomic mass is 16.3. The predicted octanol–water partition coefficient (Wildman–Crippen LogP) is 7.59. The number of aryl methyl sites for hydroxylation is 2. The van der Waals surface area contributed by atoms with Gasteiger partial charge in [0.1, 0.15) is 18.2 Å². The molecule has 3 heteroatoms. The SMILES string of the molecule is Cc1ccc2c(oc3c(-c4ccc(-c5ccccc5C#N)cc4)cccc32)c1-c1cccc[n+]1C. The van der Waals surface area contributed by atoms with Crippen LogP contribution in [0.4, 0.5) is 0 Å². The van der Waals surface area contributed by atoms with E-state index in [1.54, 1.807) is 0 Å². The second-order valence-electron chi connectivity index (χ2n) is 8.85. The number of fused-ring (bicyclic) bond motifs is 3. The van der Waals surface area contributed by atoms with Crippen LogP contribution in [0, 0.1) is 18.3 Å². The van der Waals surface area contributed by atoms with Crippen LogP contribution in [0.1, 0.15) is 11.1 Å². The summed E-state index contributed by atoms with van der Waals surface area (Å²) in [5.41, 5.74) is 10.0. The van der Waals surface area contributed by atoms with Crippen LogP contribution in [0.5, 0.6) is 0 Å². The number of rotatable bonds is 3. The Kier molecular flexibility index (Phi) is 4.94. The fraction of sp³-hybridized carbons (Fsp3) is 0.0625. The monoisotopic (exact) mass is 451 g/mol. The van der Waals surface area contributed by atoms with Crippen LogP contribution in [0.25, 0.3) is 55.4 Å². The summed E-state index contributed by atoms with van der Waals surface area (Å²) in [5, 5.41) is 11.7. The third-order valence-corrected chi connectivity index (χ3v) is 6.74. The lowest BCUT2D eigenvalue weighted by Gasteiger charge is -2.07. The standard InChI is InChI=1S/C32H23N2O/c1-21-13-18-28-27-11-7-10-26(31(27)35-32(28)30(21)29-12-5-6-19-34(29)2)23-16-14-22(15-17-23)25-9-4-3-8-24(25)20-33/h3-19H,1-2H3/q+1. The summed E-state index contributed by atoms with van der Waals surface area (Å²) in [6.07, 6.45) is 2.06. The van der Waals surface area contributed by atoms with Gasteiger partial charge in [0.2, 0.25) is 5.69 Å². The average Bonchev–Trinajstić information content (AvgIpc) is 3.28. The minimum absolute atomic E-state index is 0.677. The van der Waals surface area contributed by atoms with Gasteiger partial charge in [-0.05, 0) is 41.3 Å². The molecule has 6 rings (SSSR count). The molecule has 0 fully saturated rings. The minimum Gasteiger partial charge on any atom is -0.454 e. The van der Waals surface area contributed by atoms with E-state index in [0.717, 1.165) is 55.4 Å². The van der Waals surface area contributed by atoms with E-state index in [-0.39, 0.29) is 0 Å². The van der Waals surface area contributed by atoms with Crippen LogP contribution >= 0.6 is 0 Å². The van der Waals surface area contributed by atoms with E-state index in [9.17, 15) is 5.26 Å². The van der Waals surface area contributed by atoms with Gasteiger partial charge in [-0.3, -0.25) is 0 Å². The van der Waals surface area contributed by atoms with Gasteiger partial charge in [0.05, 0.1) is 17.2 Å². The van der Waals surface area contributed by atoms with Crippen molar-refractivity contribution < 1.29 is 8.98 Å². The van der Waals surface area contributed by atoms with Crippen molar-refractivity contribution in [3.8, 4) is 39.6 Å². The molecule has 166 valence electrons. The molecule has 4 aromatic carbocycles. The van der Waals surface area contributed by atoms with E-state index >= 15 is 0 Å². The average molecular weight is 452 g/mol. The molecule has 0 atom stereocenters. The fourth-order valence-electron chi connectivity index (χ4n) is 4.95. The van der Waals surface area contributed by atoms with Crippen molar-refractivity contribution in [2.24, 2.45) is 7.05 Å². The molecule has 0 saturated carbocycles. The highest BCUT2D eigenvalue weighted by Gasteiger charge is 2.21. The second-order valence-corrected chi connectivity index (χ2v) is 8.85. The maximum absolute atomic E-state index is 9.48. The maximum Gasteiger partial charge on any atom is 0.216 e. The van der Waals surface area contributed by atoms with E-state index < -0.39 is 0 Å². The summed E-state index contributed by atoms with van der Waals surface area (Å²) in [5.74, 6) is 0. The van der Waals surface area contributed by atoms with Gasteiger partial charge in [-0.25, -0.2) is 4.57 Å². The molecule has 35 heavy (non-hydrogen) atoms. The van der Waals surface area contributed by atoms with Gasteiger partial charge in [-0.15, -0.1) is 0 Å². The van der Waals surface area contributed by atoms with Crippen molar-refractivity contribution in [3.63, 3.8) is 0 Å². The summed E-state index contributed by atoms with van der Waals surface area (Å²) >= 11 is 0. The predicted molar refractivity (Wildman–Crippen MR) is 141 cm³/mol. The Morgan fingerprint density at radius 3 is 2.14 bits per heavy atom. The van der Waals surface area contributed by atoms with Gasteiger partial charge in [0.15, 0.2) is 6.20 Å². The normalized spacial score (nSPS) is 11.1. The zero-order chi connectivity index (χ0) is 23.9. The summed E-state index contributed by atoms with van der Waals surface area (Å²) in [4.78, 5) is 0. The van der Waals surface area contributed by atoms with Gasteiger partial charge in [-0.2, -0.15) is 5.26 Å². The van der Waals surface area contributed by atoms with Gasteiger partial charge in [0, 0.05) is 28.5 Å². The van der Waals surface area contributed by atoms with Gasteiger partial charge >= 0.3 is 0 Å². The highest BCUT2D eigenvalue weighted by Crippen LogP contribution is 2.40. The van der Waals surface area contributed by atoms with Crippen molar-refractivity contribution in [3.05, 3.63) is 114 Å². The maximum atomic E-state index is 9.48. The molecule has 0 N–H and O–H groups in total. The molecular formula is C32H23N2O+. The Morgan fingerprint density at radius 2 is 1.37 bits per heavy atom. The van der Waals surface area contributed by atoms with Crippen molar-refractivity contribution in [1.82, 2.24) is 0 Å². The number of nitriles is 1. The molecule has 2 heterocycles. The number of hydrogen-bond donors (Lipinski definition) is 0. The first-order valence-corrected chi connectivity index (χ1v) is 11.7. The molecule has 0 amide bonds. The Hall–Kier alpha value is -4.68. The van der Waals surface area contributed by atoms with Crippen molar-refractivity contribution in [1.29, 1.82) is 5.26 Å². The molecule has 6 aromatic rings. The van der Waals surface area contributed by atoms with Crippen LogP contribution in [-0.4, -0.2) is 0 Å². The molecule has 0 radical (unpaired) electrons. The lowest BCUT2D eigenvalue weighted by atomic mass is 9.96. The number of nitrogens with zero attached hydrogens (tertiary/aromatic N) is 2. The Morgan fingerprint density at radius 1 is 0.686 bits per heavy atom. The lowest BCUT2D eigenvalue weighted by molar-refractivity contribution is -0.660.